The molecule has 1 N–H and O–H groups in total. The molecular weight excluding hydrogens is 214 g/mol. The highest BCUT2D eigenvalue weighted by Gasteiger charge is 2.21. The molecule has 0 radical (unpaired) electrons. The molecule has 1 rings (SSSR count). The molecule has 3 nitrogen and oxygen atoms in total. The summed E-state index contributed by atoms with van der Waals surface area (Å²) in [4.78, 5) is 23.7. The van der Waals surface area contributed by atoms with Crippen LogP contribution in [0.25, 0.3) is 0 Å². The topological polar surface area (TPSA) is 46.2 Å². The molecule has 0 spiro atoms. The second-order valence-electron chi connectivity index (χ2n) is 4.32. The Labute approximate surface area is 102 Å². The average Bonchev–Trinajstić information content (AvgIpc) is 2.27. The Hall–Kier alpha value is -1.64. The predicted molar refractivity (Wildman–Crippen MR) is 68.4 cm³/mol. The highest BCUT2D eigenvalue weighted by atomic mass is 16.2. The summed E-state index contributed by atoms with van der Waals surface area (Å²) in [7, 11) is 0. The Morgan fingerprint density at radius 1 is 1.06 bits per heavy atom. The van der Waals surface area contributed by atoms with Crippen LogP contribution in [-0.4, -0.2) is 18.2 Å². The first kappa shape index (κ1) is 13.4. The zero-order chi connectivity index (χ0) is 13.2. The van der Waals surface area contributed by atoms with Gasteiger partial charge in [-0.25, -0.2) is 0 Å². The minimum atomic E-state index is -0.524. The highest BCUT2D eigenvalue weighted by molar-refractivity contribution is 6.43. The van der Waals surface area contributed by atoms with Crippen molar-refractivity contribution in [3.63, 3.8) is 0 Å². The minimum absolute atomic E-state index is 0.436. The number of carbonyl (C=O) groups is 2. The number of rotatable bonds is 3. The number of nitrogens with one attached hydrogen (secondary N) is 1. The number of hydrogen-bond donors (Lipinski definition) is 1. The Bertz CT molecular complexity index is 449. The van der Waals surface area contributed by atoms with Gasteiger partial charge in [-0.1, -0.05) is 6.07 Å². The zero-order valence-corrected chi connectivity index (χ0v) is 11.1. The number of aryl methyl sites for hydroxylation is 2. The number of ketones is 1. The van der Waals surface area contributed by atoms with Gasteiger partial charge in [0.15, 0.2) is 0 Å². The Morgan fingerprint density at radius 3 is 1.94 bits per heavy atom. The quantitative estimate of drug-likeness (QED) is 0.643. The van der Waals surface area contributed by atoms with Gasteiger partial charge in [-0.05, 0) is 56.9 Å². The molecule has 92 valence electrons. The lowest BCUT2D eigenvalue weighted by Gasteiger charge is -2.13. The molecule has 0 fully saturated rings. The second-order valence-corrected chi connectivity index (χ2v) is 4.32. The van der Waals surface area contributed by atoms with Crippen LogP contribution < -0.4 is 5.32 Å². The van der Waals surface area contributed by atoms with Crippen LogP contribution in [0.4, 0.5) is 0 Å². The monoisotopic (exact) mass is 233 g/mol. The lowest BCUT2D eigenvalue weighted by atomic mass is 9.91. The molecule has 0 aliphatic rings. The number of Topliss-reactive ketones (excluding diaryl/α,β-unsaturated/α-hetero) is 1. The zero-order valence-electron chi connectivity index (χ0n) is 11.1. The van der Waals surface area contributed by atoms with E-state index in [2.05, 4.69) is 5.32 Å². The molecule has 1 aromatic carbocycles. The molecule has 0 saturated heterocycles. The second kappa shape index (κ2) is 5.13. The fourth-order valence-electron chi connectivity index (χ4n) is 1.91. The summed E-state index contributed by atoms with van der Waals surface area (Å²) in [6, 6.07) is 2.04. The number of amides is 1. The number of carbonyl (C=O) groups excluding carboxylic acids is 2. The van der Waals surface area contributed by atoms with E-state index in [0.29, 0.717) is 12.1 Å². The molecule has 1 amide bonds. The maximum absolute atomic E-state index is 12.1. The summed E-state index contributed by atoms with van der Waals surface area (Å²) in [5.74, 6) is -0.961. The molecule has 0 aromatic heterocycles. The molecule has 0 aliphatic carbocycles. The van der Waals surface area contributed by atoms with Crippen LogP contribution in [-0.2, 0) is 4.79 Å². The summed E-state index contributed by atoms with van der Waals surface area (Å²) >= 11 is 0. The summed E-state index contributed by atoms with van der Waals surface area (Å²) in [5.41, 5.74) is 4.42. The van der Waals surface area contributed by atoms with Crippen LogP contribution in [0.1, 0.15) is 39.5 Å². The van der Waals surface area contributed by atoms with Gasteiger partial charge in [-0.15, -0.1) is 0 Å². The third-order valence-corrected chi connectivity index (χ3v) is 3.14. The Kier molecular flexibility index (Phi) is 4.05. The van der Waals surface area contributed by atoms with E-state index >= 15 is 0 Å². The van der Waals surface area contributed by atoms with Gasteiger partial charge in [0, 0.05) is 12.1 Å². The van der Waals surface area contributed by atoms with Crippen molar-refractivity contribution < 1.29 is 9.59 Å². The molecule has 0 aliphatic heterocycles. The van der Waals surface area contributed by atoms with Crippen LogP contribution in [0.5, 0.6) is 0 Å². The van der Waals surface area contributed by atoms with Gasteiger partial charge in [0.25, 0.3) is 11.7 Å². The van der Waals surface area contributed by atoms with Crippen molar-refractivity contribution in [3.8, 4) is 0 Å². The first-order valence-electron chi connectivity index (χ1n) is 5.80. The smallest absolute Gasteiger partial charge is 0.292 e. The van der Waals surface area contributed by atoms with Crippen LogP contribution in [0.2, 0.25) is 0 Å². The maximum Gasteiger partial charge on any atom is 0.292 e. The lowest BCUT2D eigenvalue weighted by molar-refractivity contribution is -0.116. The summed E-state index contributed by atoms with van der Waals surface area (Å²) < 4.78 is 0. The summed E-state index contributed by atoms with van der Waals surface area (Å²) in [6.45, 7) is 9.94. The van der Waals surface area contributed by atoms with Gasteiger partial charge in [0.05, 0.1) is 0 Å². The minimum Gasteiger partial charge on any atom is -0.349 e. The van der Waals surface area contributed by atoms with Crippen LogP contribution in [0.15, 0.2) is 6.07 Å². The normalized spacial score (nSPS) is 10.2. The van der Waals surface area contributed by atoms with E-state index in [9.17, 15) is 9.59 Å². The summed E-state index contributed by atoms with van der Waals surface area (Å²) in [6.07, 6.45) is 0. The predicted octanol–water partition coefficient (Wildman–Crippen LogP) is 2.24. The van der Waals surface area contributed by atoms with Gasteiger partial charge < -0.3 is 5.32 Å². The van der Waals surface area contributed by atoms with Crippen molar-refractivity contribution in [1.29, 1.82) is 0 Å². The van der Waals surface area contributed by atoms with E-state index in [4.69, 9.17) is 0 Å². The first-order valence-corrected chi connectivity index (χ1v) is 5.80. The van der Waals surface area contributed by atoms with Crippen molar-refractivity contribution in [3.05, 3.63) is 33.9 Å². The molecular formula is C14H19NO2. The van der Waals surface area contributed by atoms with Gasteiger partial charge in [-0.2, -0.15) is 0 Å². The van der Waals surface area contributed by atoms with E-state index in [0.717, 1.165) is 22.3 Å². The van der Waals surface area contributed by atoms with Crippen molar-refractivity contribution in [2.75, 3.05) is 6.54 Å². The van der Waals surface area contributed by atoms with E-state index < -0.39 is 11.7 Å². The number of hydrogen-bond acceptors (Lipinski definition) is 2. The molecule has 1 aromatic rings. The molecule has 0 saturated carbocycles. The van der Waals surface area contributed by atoms with Crippen LogP contribution in [0.3, 0.4) is 0 Å². The lowest BCUT2D eigenvalue weighted by Crippen LogP contribution is -2.31. The van der Waals surface area contributed by atoms with Crippen molar-refractivity contribution in [1.82, 2.24) is 5.32 Å². The van der Waals surface area contributed by atoms with Crippen molar-refractivity contribution in [2.45, 2.75) is 34.6 Å². The standard InChI is InChI=1S/C14H19NO2/c1-6-15-14(17)13(16)12-10(4)8(2)7-9(3)11(12)5/h7H,6H2,1-5H3,(H,15,17). The van der Waals surface area contributed by atoms with E-state index in [1.807, 2.05) is 33.8 Å². The highest BCUT2D eigenvalue weighted by Crippen LogP contribution is 2.22. The van der Waals surface area contributed by atoms with Crippen LogP contribution in [0, 0.1) is 27.7 Å². The van der Waals surface area contributed by atoms with E-state index in [-0.39, 0.29) is 0 Å². The number of benzene rings is 1. The third kappa shape index (κ3) is 2.54. The molecule has 0 unspecified atom stereocenters. The Balaban J connectivity index is 3.31. The van der Waals surface area contributed by atoms with E-state index in [1.54, 1.807) is 6.92 Å². The molecule has 0 heterocycles. The number of likely N-dealkylation sites (N-methyl/N-ethyl adjacent to an activating group) is 1. The first-order chi connectivity index (χ1) is 7.90. The fraction of sp³-hybridized carbons (Fsp3) is 0.429. The largest absolute Gasteiger partial charge is 0.349 e. The van der Waals surface area contributed by atoms with Gasteiger partial charge >= 0.3 is 0 Å². The fourth-order valence-corrected chi connectivity index (χ4v) is 1.91. The van der Waals surface area contributed by atoms with Gasteiger partial charge in [-0.3, -0.25) is 9.59 Å². The SMILES string of the molecule is CCNC(=O)C(=O)c1c(C)c(C)cc(C)c1C. The summed E-state index contributed by atoms with van der Waals surface area (Å²) in [5, 5.41) is 2.55. The van der Waals surface area contributed by atoms with Crippen molar-refractivity contribution in [2.24, 2.45) is 0 Å². The Morgan fingerprint density at radius 2 is 1.53 bits per heavy atom. The molecule has 0 atom stereocenters. The third-order valence-electron chi connectivity index (χ3n) is 3.14. The molecule has 17 heavy (non-hydrogen) atoms. The van der Waals surface area contributed by atoms with Gasteiger partial charge in [0.2, 0.25) is 0 Å². The van der Waals surface area contributed by atoms with Crippen molar-refractivity contribution >= 4 is 11.7 Å². The molecule has 3 heteroatoms. The molecule has 0 bridgehead atoms. The maximum atomic E-state index is 12.1. The van der Waals surface area contributed by atoms with Gasteiger partial charge in [0.1, 0.15) is 0 Å². The van der Waals surface area contributed by atoms with E-state index in [1.165, 1.54) is 0 Å². The van der Waals surface area contributed by atoms with Crippen LogP contribution >= 0.6 is 0 Å². The average molecular weight is 233 g/mol.